The van der Waals surface area contributed by atoms with Crippen LogP contribution in [0, 0.1) is 6.92 Å². The summed E-state index contributed by atoms with van der Waals surface area (Å²) in [5, 5.41) is 0. The van der Waals surface area contributed by atoms with Crippen molar-refractivity contribution in [3.8, 4) is 0 Å². The van der Waals surface area contributed by atoms with Crippen LogP contribution in [0.1, 0.15) is 19.4 Å². The number of benzene rings is 1. The zero-order valence-electron chi connectivity index (χ0n) is 12.2. The highest BCUT2D eigenvalue weighted by molar-refractivity contribution is 8.00. The van der Waals surface area contributed by atoms with Crippen molar-refractivity contribution in [2.24, 2.45) is 0 Å². The summed E-state index contributed by atoms with van der Waals surface area (Å²) in [6.07, 6.45) is 0. The lowest BCUT2D eigenvalue weighted by atomic mass is 10.2. The van der Waals surface area contributed by atoms with Crippen molar-refractivity contribution in [2.75, 3.05) is 25.4 Å². The van der Waals surface area contributed by atoms with E-state index < -0.39 is 0 Å². The molecule has 0 aliphatic heterocycles. The van der Waals surface area contributed by atoms with E-state index in [2.05, 4.69) is 0 Å². The minimum absolute atomic E-state index is 0.0254. The number of carbonyl (C=O) groups excluding carboxylic acids is 2. The topological polar surface area (TPSA) is 46.6 Å². The predicted octanol–water partition coefficient (Wildman–Crippen LogP) is 2.50. The van der Waals surface area contributed by atoms with Crippen LogP contribution in [0.4, 0.5) is 0 Å². The number of nitrogens with zero attached hydrogens (tertiary/aromatic N) is 1. The molecule has 0 aliphatic carbocycles. The highest BCUT2D eigenvalue weighted by atomic mass is 32.2. The number of rotatable bonds is 7. The van der Waals surface area contributed by atoms with E-state index in [9.17, 15) is 9.59 Å². The SMILES string of the molecule is CCOC(=O)CN(CC)C(=O)CSc1ccc(C)cc1. The molecule has 0 unspecified atom stereocenters. The molecule has 0 aromatic heterocycles. The fourth-order valence-corrected chi connectivity index (χ4v) is 2.41. The van der Waals surface area contributed by atoms with Gasteiger partial charge in [-0.3, -0.25) is 9.59 Å². The van der Waals surface area contributed by atoms with Crippen LogP contribution in [0.25, 0.3) is 0 Å². The van der Waals surface area contributed by atoms with Crippen LogP contribution >= 0.6 is 11.8 Å². The summed E-state index contributed by atoms with van der Waals surface area (Å²) in [6.45, 7) is 6.50. The Bertz CT molecular complexity index is 445. The van der Waals surface area contributed by atoms with Crippen LogP contribution < -0.4 is 0 Å². The first-order chi connectivity index (χ1) is 9.56. The van der Waals surface area contributed by atoms with Crippen LogP contribution in [-0.4, -0.2) is 42.2 Å². The van der Waals surface area contributed by atoms with E-state index in [0.717, 1.165) is 4.90 Å². The van der Waals surface area contributed by atoms with Gasteiger partial charge in [0.15, 0.2) is 0 Å². The number of carbonyl (C=O) groups is 2. The van der Waals surface area contributed by atoms with E-state index in [-0.39, 0.29) is 18.4 Å². The third-order valence-corrected chi connectivity index (χ3v) is 3.74. The highest BCUT2D eigenvalue weighted by Crippen LogP contribution is 2.18. The number of thioether (sulfide) groups is 1. The number of likely N-dealkylation sites (N-methyl/N-ethyl adjacent to an activating group) is 1. The lowest BCUT2D eigenvalue weighted by molar-refractivity contribution is -0.148. The Morgan fingerprint density at radius 3 is 2.40 bits per heavy atom. The minimum atomic E-state index is -0.358. The summed E-state index contributed by atoms with van der Waals surface area (Å²) in [5.74, 6) is -0.0785. The Morgan fingerprint density at radius 2 is 1.85 bits per heavy atom. The molecule has 1 rings (SSSR count). The van der Waals surface area contributed by atoms with Crippen molar-refractivity contribution in [2.45, 2.75) is 25.7 Å². The standard InChI is InChI=1S/C15H21NO3S/c1-4-16(10-15(18)19-5-2)14(17)11-20-13-8-6-12(3)7-9-13/h6-9H,4-5,10-11H2,1-3H3. The monoisotopic (exact) mass is 295 g/mol. The highest BCUT2D eigenvalue weighted by Gasteiger charge is 2.16. The smallest absolute Gasteiger partial charge is 0.325 e. The maximum absolute atomic E-state index is 12.1. The first kappa shape index (κ1) is 16.6. The van der Waals surface area contributed by atoms with Crippen LogP contribution in [-0.2, 0) is 14.3 Å². The number of hydrogen-bond acceptors (Lipinski definition) is 4. The minimum Gasteiger partial charge on any atom is -0.465 e. The summed E-state index contributed by atoms with van der Waals surface area (Å²) in [4.78, 5) is 26.0. The molecule has 0 saturated heterocycles. The van der Waals surface area contributed by atoms with Crippen molar-refractivity contribution >= 4 is 23.6 Å². The molecule has 110 valence electrons. The van der Waals surface area contributed by atoms with Crippen LogP contribution in [0.2, 0.25) is 0 Å². The summed E-state index contributed by atoms with van der Waals surface area (Å²) in [7, 11) is 0. The van der Waals surface area contributed by atoms with Gasteiger partial charge in [-0.05, 0) is 32.9 Å². The van der Waals surface area contributed by atoms with Gasteiger partial charge in [0, 0.05) is 11.4 Å². The average Bonchev–Trinajstić information content (AvgIpc) is 2.44. The molecular formula is C15H21NO3S. The van der Waals surface area contributed by atoms with Gasteiger partial charge < -0.3 is 9.64 Å². The van der Waals surface area contributed by atoms with Crippen molar-refractivity contribution in [1.82, 2.24) is 4.90 Å². The number of aryl methyl sites for hydroxylation is 1. The fraction of sp³-hybridized carbons (Fsp3) is 0.467. The van der Waals surface area contributed by atoms with E-state index in [1.165, 1.54) is 22.2 Å². The molecule has 0 heterocycles. The largest absolute Gasteiger partial charge is 0.465 e. The van der Waals surface area contributed by atoms with Gasteiger partial charge in [0.05, 0.1) is 12.4 Å². The van der Waals surface area contributed by atoms with Crippen molar-refractivity contribution in [3.63, 3.8) is 0 Å². The molecule has 20 heavy (non-hydrogen) atoms. The van der Waals surface area contributed by atoms with Gasteiger partial charge in [-0.2, -0.15) is 0 Å². The maximum atomic E-state index is 12.1. The molecule has 4 nitrogen and oxygen atoms in total. The Hall–Kier alpha value is -1.49. The molecule has 0 atom stereocenters. The van der Waals surface area contributed by atoms with Gasteiger partial charge >= 0.3 is 5.97 Å². The number of ether oxygens (including phenoxy) is 1. The Kier molecular flexibility index (Phi) is 7.15. The summed E-state index contributed by atoms with van der Waals surface area (Å²) in [5.41, 5.74) is 1.19. The Morgan fingerprint density at radius 1 is 1.20 bits per heavy atom. The molecule has 1 amide bonds. The van der Waals surface area contributed by atoms with Crippen molar-refractivity contribution < 1.29 is 14.3 Å². The molecular weight excluding hydrogens is 274 g/mol. The number of hydrogen-bond donors (Lipinski definition) is 0. The van der Waals surface area contributed by atoms with Crippen molar-refractivity contribution in [3.05, 3.63) is 29.8 Å². The number of esters is 1. The molecule has 0 N–H and O–H groups in total. The van der Waals surface area contributed by atoms with E-state index in [0.29, 0.717) is 18.9 Å². The second kappa shape index (κ2) is 8.64. The van der Waals surface area contributed by atoms with Gasteiger partial charge in [-0.15, -0.1) is 11.8 Å². The zero-order valence-corrected chi connectivity index (χ0v) is 13.0. The van der Waals surface area contributed by atoms with Gasteiger partial charge in [-0.25, -0.2) is 0 Å². The van der Waals surface area contributed by atoms with Crippen LogP contribution in [0.15, 0.2) is 29.2 Å². The van der Waals surface area contributed by atoms with E-state index in [1.807, 2.05) is 38.1 Å². The molecule has 0 fully saturated rings. The van der Waals surface area contributed by atoms with E-state index in [1.54, 1.807) is 6.92 Å². The quantitative estimate of drug-likeness (QED) is 0.573. The van der Waals surface area contributed by atoms with Crippen LogP contribution in [0.5, 0.6) is 0 Å². The van der Waals surface area contributed by atoms with Crippen molar-refractivity contribution in [1.29, 1.82) is 0 Å². The molecule has 0 aliphatic rings. The summed E-state index contributed by atoms with van der Waals surface area (Å²) >= 11 is 1.48. The van der Waals surface area contributed by atoms with Crippen LogP contribution in [0.3, 0.4) is 0 Å². The first-order valence-electron chi connectivity index (χ1n) is 6.69. The lowest BCUT2D eigenvalue weighted by Gasteiger charge is -2.19. The molecule has 1 aromatic carbocycles. The molecule has 0 bridgehead atoms. The van der Waals surface area contributed by atoms with E-state index in [4.69, 9.17) is 4.74 Å². The molecule has 1 aromatic rings. The second-order valence-corrected chi connectivity index (χ2v) is 5.36. The lowest BCUT2D eigenvalue weighted by Crippen LogP contribution is -2.37. The van der Waals surface area contributed by atoms with Gasteiger partial charge in [0.1, 0.15) is 6.54 Å². The zero-order chi connectivity index (χ0) is 15.0. The Labute approximate surface area is 124 Å². The molecule has 0 saturated carbocycles. The molecule has 5 heteroatoms. The molecule has 0 radical (unpaired) electrons. The predicted molar refractivity (Wildman–Crippen MR) is 80.8 cm³/mol. The first-order valence-corrected chi connectivity index (χ1v) is 7.68. The Balaban J connectivity index is 2.46. The van der Waals surface area contributed by atoms with Gasteiger partial charge in [-0.1, -0.05) is 17.7 Å². The van der Waals surface area contributed by atoms with Gasteiger partial charge in [0.2, 0.25) is 5.91 Å². The molecule has 0 spiro atoms. The van der Waals surface area contributed by atoms with E-state index >= 15 is 0 Å². The summed E-state index contributed by atoms with van der Waals surface area (Å²) < 4.78 is 4.86. The maximum Gasteiger partial charge on any atom is 0.325 e. The normalized spacial score (nSPS) is 10.2. The number of amides is 1. The average molecular weight is 295 g/mol. The fourth-order valence-electron chi connectivity index (χ4n) is 1.61. The third-order valence-electron chi connectivity index (χ3n) is 2.74. The second-order valence-electron chi connectivity index (χ2n) is 4.31. The third kappa shape index (κ3) is 5.65. The summed E-state index contributed by atoms with van der Waals surface area (Å²) in [6, 6.07) is 8.02. The van der Waals surface area contributed by atoms with Gasteiger partial charge in [0.25, 0.3) is 0 Å².